The van der Waals surface area contributed by atoms with Gasteiger partial charge in [0.05, 0.1) is 0 Å². The van der Waals surface area contributed by atoms with Crippen LogP contribution in [0.4, 0.5) is 5.82 Å². The highest BCUT2D eigenvalue weighted by Gasteiger charge is 2.12. The predicted molar refractivity (Wildman–Crippen MR) is 67.7 cm³/mol. The number of aromatic amines is 1. The summed E-state index contributed by atoms with van der Waals surface area (Å²) in [4.78, 5) is 15.5. The van der Waals surface area contributed by atoms with Crippen molar-refractivity contribution in [1.82, 2.24) is 24.9 Å². The van der Waals surface area contributed by atoms with Crippen LogP contribution in [-0.4, -0.2) is 38.7 Å². The third-order valence-corrected chi connectivity index (χ3v) is 3.24. The molecule has 1 aliphatic heterocycles. The molecule has 3 N–H and O–H groups in total. The Morgan fingerprint density at radius 3 is 3.28 bits per heavy atom. The van der Waals surface area contributed by atoms with E-state index < -0.39 is 0 Å². The summed E-state index contributed by atoms with van der Waals surface area (Å²) in [6.45, 7) is 2.11. The first-order valence-corrected chi connectivity index (χ1v) is 6.23. The van der Waals surface area contributed by atoms with Crippen LogP contribution in [0.2, 0.25) is 0 Å². The van der Waals surface area contributed by atoms with E-state index in [1.54, 1.807) is 6.07 Å². The number of nitrogens with one attached hydrogen (secondary N) is 3. The Morgan fingerprint density at radius 1 is 1.39 bits per heavy atom. The van der Waals surface area contributed by atoms with Gasteiger partial charge in [-0.15, -0.1) is 0 Å². The van der Waals surface area contributed by atoms with E-state index >= 15 is 0 Å². The minimum Gasteiger partial charge on any atom is -0.367 e. The summed E-state index contributed by atoms with van der Waals surface area (Å²) in [6.07, 6.45) is 4.88. The van der Waals surface area contributed by atoms with Crippen molar-refractivity contribution in [3.05, 3.63) is 22.9 Å². The summed E-state index contributed by atoms with van der Waals surface area (Å²) in [5.41, 5.74) is 0.326. The lowest BCUT2D eigenvalue weighted by molar-refractivity contribution is 0.634. The first kappa shape index (κ1) is 11.2. The van der Waals surface area contributed by atoms with E-state index in [9.17, 15) is 4.79 Å². The summed E-state index contributed by atoms with van der Waals surface area (Å²) in [5, 5.41) is 13.1. The molecule has 3 heterocycles. The zero-order valence-corrected chi connectivity index (χ0v) is 10.0. The zero-order chi connectivity index (χ0) is 12.4. The molecule has 18 heavy (non-hydrogen) atoms. The van der Waals surface area contributed by atoms with Crippen LogP contribution in [0.15, 0.2) is 17.2 Å². The summed E-state index contributed by atoms with van der Waals surface area (Å²) >= 11 is 0. The van der Waals surface area contributed by atoms with Gasteiger partial charge in [-0.1, -0.05) is 0 Å². The van der Waals surface area contributed by atoms with Gasteiger partial charge in [0.2, 0.25) is 0 Å². The van der Waals surface area contributed by atoms with Crippen LogP contribution in [0, 0.1) is 0 Å². The summed E-state index contributed by atoms with van der Waals surface area (Å²) in [5.74, 6) is 0.772. The Balaban J connectivity index is 1.79. The van der Waals surface area contributed by atoms with Crippen LogP contribution in [-0.2, 0) is 0 Å². The summed E-state index contributed by atoms with van der Waals surface area (Å²) in [7, 11) is 0. The van der Waals surface area contributed by atoms with Crippen molar-refractivity contribution < 1.29 is 0 Å². The van der Waals surface area contributed by atoms with Crippen LogP contribution in [0.5, 0.6) is 0 Å². The number of anilines is 1. The van der Waals surface area contributed by atoms with Gasteiger partial charge in [-0.25, -0.2) is 19.3 Å². The smallest absolute Gasteiger partial charge is 0.348 e. The second kappa shape index (κ2) is 4.77. The third kappa shape index (κ3) is 2.21. The first-order valence-electron chi connectivity index (χ1n) is 6.23. The van der Waals surface area contributed by atoms with Crippen molar-refractivity contribution >= 4 is 11.5 Å². The highest BCUT2D eigenvalue weighted by molar-refractivity contribution is 5.48. The Kier molecular flexibility index (Phi) is 2.97. The van der Waals surface area contributed by atoms with Crippen molar-refractivity contribution in [2.24, 2.45) is 0 Å². The number of fused-ring (bicyclic) bond motifs is 1. The van der Waals surface area contributed by atoms with E-state index in [0.29, 0.717) is 11.7 Å². The molecule has 1 aliphatic rings. The number of aromatic nitrogens is 4. The molecule has 1 fully saturated rings. The Bertz CT molecular complexity index is 580. The molecule has 96 valence electrons. The van der Waals surface area contributed by atoms with Crippen molar-refractivity contribution in [1.29, 1.82) is 0 Å². The lowest BCUT2D eigenvalue weighted by atomic mass is 10.1. The van der Waals surface area contributed by atoms with Gasteiger partial charge in [-0.05, 0) is 32.4 Å². The van der Waals surface area contributed by atoms with Crippen LogP contribution in [0.3, 0.4) is 0 Å². The molecular formula is C11H16N6O. The van der Waals surface area contributed by atoms with E-state index in [-0.39, 0.29) is 5.69 Å². The van der Waals surface area contributed by atoms with Gasteiger partial charge >= 0.3 is 5.69 Å². The van der Waals surface area contributed by atoms with Crippen LogP contribution < -0.4 is 16.3 Å². The maximum Gasteiger partial charge on any atom is 0.348 e. The molecule has 1 atom stereocenters. The topological polar surface area (TPSA) is 87.1 Å². The fraction of sp³-hybridized carbons (Fsp3) is 0.545. The Hall–Kier alpha value is -1.89. The molecule has 2 aromatic heterocycles. The fourth-order valence-corrected chi connectivity index (χ4v) is 2.26. The molecule has 1 saturated heterocycles. The van der Waals surface area contributed by atoms with Gasteiger partial charge in [0.25, 0.3) is 0 Å². The van der Waals surface area contributed by atoms with Crippen molar-refractivity contribution in [3.63, 3.8) is 0 Å². The molecule has 1 unspecified atom stereocenters. The minimum absolute atomic E-state index is 0.261. The van der Waals surface area contributed by atoms with Crippen LogP contribution in [0.25, 0.3) is 5.65 Å². The molecule has 0 bridgehead atoms. The van der Waals surface area contributed by atoms with Gasteiger partial charge in [0.1, 0.15) is 12.1 Å². The molecule has 7 nitrogen and oxygen atoms in total. The fourth-order valence-electron chi connectivity index (χ4n) is 2.26. The molecule has 0 radical (unpaired) electrons. The second-order valence-corrected chi connectivity index (χ2v) is 4.55. The van der Waals surface area contributed by atoms with Crippen molar-refractivity contribution in [3.8, 4) is 0 Å². The average molecular weight is 248 g/mol. The van der Waals surface area contributed by atoms with E-state index in [1.807, 2.05) is 0 Å². The quantitative estimate of drug-likeness (QED) is 0.695. The molecule has 0 spiro atoms. The SMILES string of the molecule is O=c1[nH]nc2cc(NC3CCCNCC3)ncn12. The standard InChI is InChI=1S/C11H16N6O/c18-11-16-15-10-6-9(13-7-17(10)11)14-8-2-1-4-12-5-3-8/h6-8,12,14H,1-5H2,(H,16,18). The molecule has 0 aromatic carbocycles. The van der Waals surface area contributed by atoms with E-state index in [2.05, 4.69) is 25.8 Å². The Labute approximate surface area is 104 Å². The first-order chi connectivity index (χ1) is 8.83. The third-order valence-electron chi connectivity index (χ3n) is 3.24. The largest absolute Gasteiger partial charge is 0.367 e. The number of H-pyrrole nitrogens is 1. The van der Waals surface area contributed by atoms with Gasteiger partial charge in [-0.3, -0.25) is 0 Å². The normalized spacial score (nSPS) is 20.8. The molecule has 0 saturated carbocycles. The molecular weight excluding hydrogens is 232 g/mol. The van der Waals surface area contributed by atoms with Gasteiger partial charge < -0.3 is 10.6 Å². The molecule has 2 aromatic rings. The number of hydrogen-bond acceptors (Lipinski definition) is 5. The maximum atomic E-state index is 11.3. The second-order valence-electron chi connectivity index (χ2n) is 4.55. The van der Waals surface area contributed by atoms with Crippen molar-refractivity contribution in [2.75, 3.05) is 18.4 Å². The van der Waals surface area contributed by atoms with Gasteiger partial charge in [0.15, 0.2) is 5.65 Å². The molecule has 7 heteroatoms. The number of rotatable bonds is 2. The van der Waals surface area contributed by atoms with E-state index in [1.165, 1.54) is 17.1 Å². The number of hydrogen-bond donors (Lipinski definition) is 3. The molecule has 0 aliphatic carbocycles. The van der Waals surface area contributed by atoms with E-state index in [0.717, 1.165) is 31.7 Å². The average Bonchev–Trinajstić information content (AvgIpc) is 2.60. The minimum atomic E-state index is -0.261. The summed E-state index contributed by atoms with van der Waals surface area (Å²) < 4.78 is 1.39. The van der Waals surface area contributed by atoms with Crippen LogP contribution >= 0.6 is 0 Å². The molecule has 3 rings (SSSR count). The highest BCUT2D eigenvalue weighted by atomic mass is 16.1. The predicted octanol–water partition coefficient (Wildman–Crippen LogP) is -0.0284. The van der Waals surface area contributed by atoms with Crippen LogP contribution in [0.1, 0.15) is 19.3 Å². The highest BCUT2D eigenvalue weighted by Crippen LogP contribution is 2.12. The monoisotopic (exact) mass is 248 g/mol. The zero-order valence-electron chi connectivity index (χ0n) is 10.0. The van der Waals surface area contributed by atoms with E-state index in [4.69, 9.17) is 0 Å². The Morgan fingerprint density at radius 2 is 2.33 bits per heavy atom. The van der Waals surface area contributed by atoms with Gasteiger partial charge in [-0.2, -0.15) is 5.10 Å². The lowest BCUT2D eigenvalue weighted by Crippen LogP contribution is -2.22. The lowest BCUT2D eigenvalue weighted by Gasteiger charge is -2.16. The van der Waals surface area contributed by atoms with Gasteiger partial charge in [0, 0.05) is 12.1 Å². The van der Waals surface area contributed by atoms with Crippen molar-refractivity contribution in [2.45, 2.75) is 25.3 Å². The maximum absolute atomic E-state index is 11.3. The summed E-state index contributed by atoms with van der Waals surface area (Å²) in [6, 6.07) is 2.22. The molecule has 0 amide bonds. The number of nitrogens with zero attached hydrogens (tertiary/aromatic N) is 3.